The maximum atomic E-state index is 14.4. The molecule has 18 nitrogen and oxygen atoms in total. The topological polar surface area (TPSA) is 239 Å². The highest BCUT2D eigenvalue weighted by atomic mass is 16.7. The molecule has 3 aliphatic rings. The Balaban J connectivity index is 1.39. The van der Waals surface area contributed by atoms with Gasteiger partial charge < -0.3 is 34.2 Å². The third kappa shape index (κ3) is 10.8. The molecule has 0 radical (unpaired) electrons. The predicted molar refractivity (Wildman–Crippen MR) is 251 cm³/mol. The Morgan fingerprint density at radius 1 is 0.868 bits per heavy atom. The number of non-ortho nitro benzene ring substituents is 3. The van der Waals surface area contributed by atoms with E-state index >= 15 is 0 Å². The van der Waals surface area contributed by atoms with Gasteiger partial charge in [0.2, 0.25) is 11.7 Å². The lowest BCUT2D eigenvalue weighted by molar-refractivity contribution is -0.385. The molecule has 1 saturated carbocycles. The summed E-state index contributed by atoms with van der Waals surface area (Å²) in [5.74, 6) is -2.16. The van der Waals surface area contributed by atoms with Crippen molar-refractivity contribution in [2.24, 2.45) is 22.9 Å². The summed E-state index contributed by atoms with van der Waals surface area (Å²) in [6, 6.07) is 22.1. The van der Waals surface area contributed by atoms with Crippen molar-refractivity contribution >= 4 is 34.8 Å². The van der Waals surface area contributed by atoms with Crippen molar-refractivity contribution in [1.82, 2.24) is 4.90 Å². The highest BCUT2D eigenvalue weighted by Gasteiger charge is 2.65. The average Bonchev–Trinajstić information content (AvgIpc) is 3.34. The third-order valence-corrected chi connectivity index (χ3v) is 12.8. The summed E-state index contributed by atoms with van der Waals surface area (Å²) in [7, 11) is 1.64. The summed E-state index contributed by atoms with van der Waals surface area (Å²) in [5, 5.41) is 59.0. The molecule has 1 amide bonds. The number of amides is 1. The van der Waals surface area contributed by atoms with E-state index in [0.717, 1.165) is 11.1 Å². The Kier molecular flexibility index (Phi) is 15.7. The minimum absolute atomic E-state index is 0.00432. The molecule has 2 N–H and O–H groups in total. The minimum atomic E-state index is -1.58. The first-order valence-electron chi connectivity index (χ1n) is 22.4. The van der Waals surface area contributed by atoms with Crippen LogP contribution < -0.4 is 9.47 Å². The average molecular weight is 932 g/mol. The van der Waals surface area contributed by atoms with E-state index in [9.17, 15) is 45.4 Å². The first kappa shape index (κ1) is 48.6. The third-order valence-electron chi connectivity index (χ3n) is 12.8. The number of nitrogens with zero attached hydrogens (tertiary/aromatic N) is 5. The van der Waals surface area contributed by atoms with Crippen molar-refractivity contribution in [3.05, 3.63) is 168 Å². The van der Waals surface area contributed by atoms with Crippen molar-refractivity contribution in [1.29, 1.82) is 0 Å². The van der Waals surface area contributed by atoms with Gasteiger partial charge in [0.1, 0.15) is 29.9 Å². The normalized spacial score (nSPS) is 22.0. The van der Waals surface area contributed by atoms with Gasteiger partial charge in [-0.3, -0.25) is 35.1 Å². The Hall–Kier alpha value is -7.28. The summed E-state index contributed by atoms with van der Waals surface area (Å²) in [5.41, 5.74) is 2.93. The SMILES string of the molecule is C=CCO[C@@]12Oc3ccc(Oc4cccc([N+](=O)[O-])c4)cc3[C@H]3[C@H](CCCCO)[C@@H](CCCCO)C=C(C(=NOCc4ccc([N+](=O)[O-])cc4)C[C@@H]1N(C)C(=O)C=Cc1ccc([N+](=O)[O-])cc1)[C@H]32. The zero-order valence-electron chi connectivity index (χ0n) is 37.5. The number of hydrogen-bond acceptors (Lipinski definition) is 14. The summed E-state index contributed by atoms with van der Waals surface area (Å²) >= 11 is 0. The molecule has 0 saturated heterocycles. The number of allylic oxidation sites excluding steroid dienone is 1. The van der Waals surface area contributed by atoms with Crippen LogP contribution in [0.1, 0.15) is 67.6 Å². The van der Waals surface area contributed by atoms with Gasteiger partial charge in [-0.1, -0.05) is 36.2 Å². The second-order valence-electron chi connectivity index (χ2n) is 17.0. The van der Waals surface area contributed by atoms with Crippen molar-refractivity contribution in [3.8, 4) is 17.2 Å². The number of hydrogen-bond donors (Lipinski definition) is 2. The smallest absolute Gasteiger partial charge is 0.273 e. The number of rotatable bonds is 22. The number of ether oxygens (including phenoxy) is 3. The number of nitro groups is 3. The van der Waals surface area contributed by atoms with Gasteiger partial charge in [0.15, 0.2) is 0 Å². The largest absolute Gasteiger partial charge is 0.459 e. The van der Waals surface area contributed by atoms with Gasteiger partial charge in [0.05, 0.1) is 39.1 Å². The number of benzene rings is 4. The first-order chi connectivity index (χ1) is 32.9. The second-order valence-corrected chi connectivity index (χ2v) is 17.0. The van der Waals surface area contributed by atoms with Crippen LogP contribution >= 0.6 is 0 Å². The van der Waals surface area contributed by atoms with Crippen LogP contribution in [0.5, 0.6) is 17.2 Å². The molecule has 4 aromatic carbocycles. The fraction of sp³-hybridized carbons (Fsp3) is 0.360. The number of unbranched alkanes of at least 4 members (excludes halogenated alkanes) is 2. The maximum absolute atomic E-state index is 14.4. The van der Waals surface area contributed by atoms with Crippen LogP contribution in [-0.4, -0.2) is 80.2 Å². The molecular formula is C50H53N5O13. The standard InChI is InChI=1S/C50H53N5O13/c1-3-27-65-50-46(52(2)47(58)24-17-33-13-18-36(19-14-33)53(59)60)31-44(51-66-32-34-15-20-37(21-16-34)54(61)62)42-28-35(9-4-6-25-56)41(12-5-7-26-57)48(49(42)50)43-30-40(22-23-45(43)68-50)67-39-11-8-10-38(29-39)55(63)64/h3,8,10-11,13-24,28-30,35,41,46,48-49,56-57H,1,4-7,9,12,25-27,31-32H2,2H3/t35-,41+,46-,48+,49+,50+/m0/s1. The fourth-order valence-electron chi connectivity index (χ4n) is 9.63. The number of aliphatic hydroxyl groups excluding tert-OH is 2. The molecule has 2 aliphatic carbocycles. The number of likely N-dealkylation sites (N-methyl/N-ethyl adjacent to an activating group) is 1. The van der Waals surface area contributed by atoms with Gasteiger partial charge in [-0.05, 0) is 109 Å². The van der Waals surface area contributed by atoms with E-state index in [1.54, 1.807) is 61.7 Å². The lowest BCUT2D eigenvalue weighted by Crippen LogP contribution is -2.69. The molecular weight excluding hydrogens is 879 g/mol. The molecule has 4 aromatic rings. The van der Waals surface area contributed by atoms with Gasteiger partial charge in [-0.25, -0.2) is 0 Å². The van der Waals surface area contributed by atoms with Crippen LogP contribution in [0.3, 0.4) is 0 Å². The number of oxime groups is 1. The first-order valence-corrected chi connectivity index (χ1v) is 22.4. The molecule has 0 unspecified atom stereocenters. The predicted octanol–water partition coefficient (Wildman–Crippen LogP) is 9.21. The van der Waals surface area contributed by atoms with Crippen molar-refractivity contribution in [2.45, 2.75) is 69.3 Å². The quantitative estimate of drug-likeness (QED) is 0.0246. The van der Waals surface area contributed by atoms with Gasteiger partial charge in [-0.15, -0.1) is 6.58 Å². The summed E-state index contributed by atoms with van der Waals surface area (Å²) in [6.45, 7) is 3.96. The Labute approximate surface area is 392 Å². The van der Waals surface area contributed by atoms with Crippen molar-refractivity contribution in [2.75, 3.05) is 26.9 Å². The number of carbonyl (C=O) groups is 1. The summed E-state index contributed by atoms with van der Waals surface area (Å²) in [4.78, 5) is 54.9. The van der Waals surface area contributed by atoms with Gasteiger partial charge in [0.25, 0.3) is 17.1 Å². The number of fused-ring (bicyclic) bond motifs is 2. The fourth-order valence-corrected chi connectivity index (χ4v) is 9.63. The van der Waals surface area contributed by atoms with Gasteiger partial charge >= 0.3 is 0 Å². The molecule has 1 fully saturated rings. The molecule has 0 aromatic heterocycles. The minimum Gasteiger partial charge on any atom is -0.459 e. The second kappa shape index (κ2) is 22.0. The van der Waals surface area contributed by atoms with Crippen LogP contribution in [0, 0.1) is 48.1 Å². The molecule has 1 heterocycles. The van der Waals surface area contributed by atoms with E-state index in [-0.39, 0.29) is 67.5 Å². The van der Waals surface area contributed by atoms with E-state index in [0.29, 0.717) is 66.9 Å². The molecule has 6 atom stereocenters. The van der Waals surface area contributed by atoms with E-state index in [1.807, 2.05) is 6.07 Å². The molecule has 1 aliphatic heterocycles. The highest BCUT2D eigenvalue weighted by molar-refractivity contribution is 6.03. The van der Waals surface area contributed by atoms with Crippen molar-refractivity contribution in [3.63, 3.8) is 0 Å². The Morgan fingerprint density at radius 2 is 1.53 bits per heavy atom. The summed E-state index contributed by atoms with van der Waals surface area (Å²) in [6.07, 6.45) is 10.7. The van der Waals surface area contributed by atoms with Crippen LogP contribution in [0.15, 0.2) is 127 Å². The number of aliphatic hydroxyl groups is 2. The van der Waals surface area contributed by atoms with Gasteiger partial charge in [-0.2, -0.15) is 0 Å². The van der Waals surface area contributed by atoms with Crippen LogP contribution in [-0.2, 0) is 21.0 Å². The van der Waals surface area contributed by atoms with E-state index in [4.69, 9.17) is 24.2 Å². The molecule has 0 bridgehead atoms. The van der Waals surface area contributed by atoms with Crippen LogP contribution in [0.4, 0.5) is 17.1 Å². The Bertz CT molecular complexity index is 2580. The van der Waals surface area contributed by atoms with E-state index in [2.05, 4.69) is 12.7 Å². The van der Waals surface area contributed by atoms with Crippen molar-refractivity contribution < 1.29 is 48.8 Å². The monoisotopic (exact) mass is 931 g/mol. The van der Waals surface area contributed by atoms with E-state index < -0.39 is 44.3 Å². The molecule has 18 heteroatoms. The zero-order valence-corrected chi connectivity index (χ0v) is 37.5. The number of carbonyl (C=O) groups excluding carboxylic acids is 1. The highest BCUT2D eigenvalue weighted by Crippen LogP contribution is 2.62. The van der Waals surface area contributed by atoms with Crippen LogP contribution in [0.25, 0.3) is 6.08 Å². The zero-order chi connectivity index (χ0) is 48.4. The van der Waals surface area contributed by atoms with Crippen LogP contribution in [0.2, 0.25) is 0 Å². The lowest BCUT2D eigenvalue weighted by atomic mass is 9.55. The molecule has 356 valence electrons. The molecule has 7 rings (SSSR count). The molecule has 68 heavy (non-hydrogen) atoms. The van der Waals surface area contributed by atoms with Gasteiger partial charge in [0, 0.05) is 74.6 Å². The lowest BCUT2D eigenvalue weighted by Gasteiger charge is -2.59. The van der Waals surface area contributed by atoms with E-state index in [1.165, 1.54) is 53.4 Å². The molecule has 0 spiro atoms. The Morgan fingerprint density at radius 3 is 2.19 bits per heavy atom. The number of nitro benzene ring substituents is 3. The summed E-state index contributed by atoms with van der Waals surface area (Å²) < 4.78 is 20.4. The maximum Gasteiger partial charge on any atom is 0.273 e.